The van der Waals surface area contributed by atoms with Gasteiger partial charge < -0.3 is 10.6 Å². The highest BCUT2D eigenvalue weighted by Gasteiger charge is 2.35. The Kier molecular flexibility index (Phi) is 4.82. The predicted octanol–water partition coefficient (Wildman–Crippen LogP) is 2.93. The second-order valence-corrected chi connectivity index (χ2v) is 7.52. The van der Waals surface area contributed by atoms with E-state index in [1.165, 1.54) is 0 Å². The van der Waals surface area contributed by atoms with Crippen molar-refractivity contribution in [2.24, 2.45) is 11.1 Å². The number of rotatable bonds is 3. The molecule has 0 aliphatic carbocycles. The van der Waals surface area contributed by atoms with Gasteiger partial charge in [0, 0.05) is 24.5 Å². The Labute approximate surface area is 112 Å². The topological polar surface area (TPSA) is 46.3 Å². The lowest BCUT2D eigenvalue weighted by molar-refractivity contribution is -0.139. The molecule has 0 saturated carbocycles. The molecule has 0 radical (unpaired) electrons. The van der Waals surface area contributed by atoms with Crippen LogP contribution in [0.1, 0.15) is 66.7 Å². The molecule has 1 saturated heterocycles. The Hall–Kier alpha value is -0.570. The standard InChI is InChI=1S/C15H30N2O/c1-14(2,3)9-6-7-13(18)17-10-8-12(16)11-15(17,4)5/h12H,6-11,16H2,1-5H3. The first-order valence-corrected chi connectivity index (χ1v) is 7.18. The maximum atomic E-state index is 12.3. The smallest absolute Gasteiger partial charge is 0.223 e. The number of carbonyl (C=O) groups is 1. The van der Waals surface area contributed by atoms with E-state index < -0.39 is 0 Å². The van der Waals surface area contributed by atoms with Crippen LogP contribution >= 0.6 is 0 Å². The van der Waals surface area contributed by atoms with E-state index in [0.717, 1.165) is 32.2 Å². The molecule has 3 heteroatoms. The predicted molar refractivity (Wildman–Crippen MR) is 76.3 cm³/mol. The number of nitrogens with two attached hydrogens (primary N) is 1. The van der Waals surface area contributed by atoms with Gasteiger partial charge in [0.25, 0.3) is 0 Å². The monoisotopic (exact) mass is 254 g/mol. The summed E-state index contributed by atoms with van der Waals surface area (Å²) < 4.78 is 0. The summed E-state index contributed by atoms with van der Waals surface area (Å²) in [7, 11) is 0. The molecular formula is C15H30N2O. The molecule has 1 unspecified atom stereocenters. The Morgan fingerprint density at radius 3 is 2.50 bits per heavy atom. The molecular weight excluding hydrogens is 224 g/mol. The van der Waals surface area contributed by atoms with Gasteiger partial charge in [-0.1, -0.05) is 20.8 Å². The van der Waals surface area contributed by atoms with Gasteiger partial charge in [0.15, 0.2) is 0 Å². The minimum Gasteiger partial charge on any atom is -0.337 e. The second kappa shape index (κ2) is 5.60. The average molecular weight is 254 g/mol. The number of hydrogen-bond acceptors (Lipinski definition) is 2. The van der Waals surface area contributed by atoms with Gasteiger partial charge in [0.2, 0.25) is 5.91 Å². The van der Waals surface area contributed by atoms with Crippen molar-refractivity contribution in [1.82, 2.24) is 4.90 Å². The van der Waals surface area contributed by atoms with E-state index in [1.54, 1.807) is 0 Å². The average Bonchev–Trinajstić information content (AvgIpc) is 2.13. The van der Waals surface area contributed by atoms with Crippen molar-refractivity contribution in [1.29, 1.82) is 0 Å². The van der Waals surface area contributed by atoms with Gasteiger partial charge in [0.1, 0.15) is 0 Å². The lowest BCUT2D eigenvalue weighted by Crippen LogP contribution is -2.55. The van der Waals surface area contributed by atoms with Crippen LogP contribution < -0.4 is 5.73 Å². The van der Waals surface area contributed by atoms with E-state index in [4.69, 9.17) is 5.73 Å². The highest BCUT2D eigenvalue weighted by atomic mass is 16.2. The van der Waals surface area contributed by atoms with E-state index >= 15 is 0 Å². The molecule has 1 heterocycles. The molecule has 106 valence electrons. The van der Waals surface area contributed by atoms with Crippen LogP contribution in [0.5, 0.6) is 0 Å². The molecule has 0 aromatic carbocycles. The molecule has 0 spiro atoms. The van der Waals surface area contributed by atoms with Crippen molar-refractivity contribution in [2.75, 3.05) is 6.54 Å². The Balaban J connectivity index is 2.46. The molecule has 1 aliphatic rings. The van der Waals surface area contributed by atoms with Crippen LogP contribution in [0.2, 0.25) is 0 Å². The van der Waals surface area contributed by atoms with E-state index in [1.807, 2.05) is 4.90 Å². The molecule has 0 aromatic rings. The van der Waals surface area contributed by atoms with Gasteiger partial charge in [-0.05, 0) is 44.9 Å². The number of carbonyl (C=O) groups excluding carboxylic acids is 1. The van der Waals surface area contributed by atoms with Crippen LogP contribution in [0, 0.1) is 5.41 Å². The number of amides is 1. The van der Waals surface area contributed by atoms with Crippen LogP contribution in [0.15, 0.2) is 0 Å². The summed E-state index contributed by atoms with van der Waals surface area (Å²) in [6.45, 7) is 11.8. The van der Waals surface area contributed by atoms with Crippen LogP contribution in [0.25, 0.3) is 0 Å². The lowest BCUT2D eigenvalue weighted by Gasteiger charge is -2.45. The van der Waals surface area contributed by atoms with Gasteiger partial charge in [-0.2, -0.15) is 0 Å². The third kappa shape index (κ3) is 4.60. The zero-order chi connectivity index (χ0) is 14.0. The van der Waals surface area contributed by atoms with Crippen molar-refractivity contribution in [2.45, 2.75) is 78.3 Å². The summed E-state index contributed by atoms with van der Waals surface area (Å²) in [6, 6.07) is 0.249. The fourth-order valence-electron chi connectivity index (χ4n) is 2.82. The fourth-order valence-corrected chi connectivity index (χ4v) is 2.82. The molecule has 1 fully saturated rings. The van der Waals surface area contributed by atoms with Gasteiger partial charge in [-0.3, -0.25) is 4.79 Å². The first kappa shape index (κ1) is 15.5. The summed E-state index contributed by atoms with van der Waals surface area (Å²) >= 11 is 0. The largest absolute Gasteiger partial charge is 0.337 e. The molecule has 0 bridgehead atoms. The van der Waals surface area contributed by atoms with Crippen LogP contribution in [-0.2, 0) is 4.79 Å². The van der Waals surface area contributed by atoms with Crippen molar-refractivity contribution < 1.29 is 4.79 Å². The maximum Gasteiger partial charge on any atom is 0.223 e. The lowest BCUT2D eigenvalue weighted by atomic mass is 9.86. The third-order valence-electron chi connectivity index (χ3n) is 3.83. The van der Waals surface area contributed by atoms with E-state index in [0.29, 0.717) is 17.7 Å². The second-order valence-electron chi connectivity index (χ2n) is 7.52. The zero-order valence-corrected chi connectivity index (χ0v) is 12.8. The van der Waals surface area contributed by atoms with Crippen LogP contribution in [0.3, 0.4) is 0 Å². The molecule has 1 atom stereocenters. The first-order chi connectivity index (χ1) is 8.12. The molecule has 1 rings (SSSR count). The first-order valence-electron chi connectivity index (χ1n) is 7.18. The van der Waals surface area contributed by atoms with Gasteiger partial charge in [-0.25, -0.2) is 0 Å². The molecule has 3 nitrogen and oxygen atoms in total. The SMILES string of the molecule is CC(C)(C)CCCC(=O)N1CCC(N)CC1(C)C. The third-order valence-corrected chi connectivity index (χ3v) is 3.83. The number of piperidine rings is 1. The Morgan fingerprint density at radius 2 is 2.00 bits per heavy atom. The summed E-state index contributed by atoms with van der Waals surface area (Å²) in [4.78, 5) is 14.3. The normalized spacial score (nSPS) is 24.1. The van der Waals surface area contributed by atoms with Crippen LogP contribution in [-0.4, -0.2) is 28.9 Å². The summed E-state index contributed by atoms with van der Waals surface area (Å²) in [6.07, 6.45) is 4.62. The molecule has 18 heavy (non-hydrogen) atoms. The van der Waals surface area contributed by atoms with Gasteiger partial charge >= 0.3 is 0 Å². The fraction of sp³-hybridized carbons (Fsp3) is 0.933. The highest BCUT2D eigenvalue weighted by molar-refractivity contribution is 5.77. The van der Waals surface area contributed by atoms with Gasteiger partial charge in [-0.15, -0.1) is 0 Å². The minimum atomic E-state index is -0.0729. The molecule has 0 aromatic heterocycles. The van der Waals surface area contributed by atoms with Gasteiger partial charge in [0.05, 0.1) is 0 Å². The van der Waals surface area contributed by atoms with Crippen LogP contribution in [0.4, 0.5) is 0 Å². The van der Waals surface area contributed by atoms with Crippen molar-refractivity contribution >= 4 is 5.91 Å². The van der Waals surface area contributed by atoms with Crippen molar-refractivity contribution in [3.8, 4) is 0 Å². The summed E-state index contributed by atoms with van der Waals surface area (Å²) in [5.41, 5.74) is 6.24. The van der Waals surface area contributed by atoms with E-state index in [-0.39, 0.29) is 11.6 Å². The van der Waals surface area contributed by atoms with Crippen molar-refractivity contribution in [3.63, 3.8) is 0 Å². The molecule has 1 aliphatic heterocycles. The molecule has 1 amide bonds. The zero-order valence-electron chi connectivity index (χ0n) is 12.8. The summed E-state index contributed by atoms with van der Waals surface area (Å²) in [5.74, 6) is 0.302. The minimum absolute atomic E-state index is 0.0729. The number of hydrogen-bond donors (Lipinski definition) is 1. The van der Waals surface area contributed by atoms with E-state index in [2.05, 4.69) is 34.6 Å². The number of likely N-dealkylation sites (tertiary alicyclic amines) is 1. The summed E-state index contributed by atoms with van der Waals surface area (Å²) in [5, 5.41) is 0. The maximum absolute atomic E-state index is 12.3. The Bertz CT molecular complexity index is 291. The quantitative estimate of drug-likeness (QED) is 0.841. The van der Waals surface area contributed by atoms with E-state index in [9.17, 15) is 4.79 Å². The molecule has 2 N–H and O–H groups in total. The van der Waals surface area contributed by atoms with Crippen molar-refractivity contribution in [3.05, 3.63) is 0 Å². The highest BCUT2D eigenvalue weighted by Crippen LogP contribution is 2.28. The number of nitrogens with zero attached hydrogens (tertiary/aromatic N) is 1. The Morgan fingerprint density at radius 1 is 1.39 bits per heavy atom.